The Kier molecular flexibility index (Phi) is 2.68. The fourth-order valence-electron chi connectivity index (χ4n) is 0.268. The Balaban J connectivity index is 4.10. The summed E-state index contributed by atoms with van der Waals surface area (Å²) in [5, 5.41) is -0.956. The van der Waals surface area contributed by atoms with Crippen LogP contribution >= 0.6 is 0 Å². The van der Waals surface area contributed by atoms with E-state index >= 15 is 0 Å². The van der Waals surface area contributed by atoms with Crippen molar-refractivity contribution in [3.63, 3.8) is 0 Å². The van der Waals surface area contributed by atoms with Gasteiger partial charge in [0.05, 0.1) is 5.25 Å². The molecule has 1 atom stereocenters. The Morgan fingerprint density at radius 3 is 2.22 bits per heavy atom. The normalized spacial score (nSPS) is 14.3. The van der Waals surface area contributed by atoms with Gasteiger partial charge in [0, 0.05) is 6.42 Å². The Labute approximate surface area is 54.8 Å². The minimum absolute atomic E-state index is 0.00810. The molecule has 0 aliphatic rings. The molecule has 3 nitrogen and oxygen atoms in total. The summed E-state index contributed by atoms with van der Waals surface area (Å²) >= 11 is 0. The highest BCUT2D eigenvalue weighted by Crippen LogP contribution is 2.01. The van der Waals surface area contributed by atoms with Crippen LogP contribution in [0.25, 0.3) is 0 Å². The van der Waals surface area contributed by atoms with Gasteiger partial charge in [0.15, 0.2) is 0 Å². The highest BCUT2D eigenvalue weighted by atomic mass is 32.2. The van der Waals surface area contributed by atoms with E-state index in [0.717, 1.165) is 0 Å². The molecule has 0 fully saturated rings. The molecule has 0 aliphatic carbocycles. The van der Waals surface area contributed by atoms with Crippen molar-refractivity contribution in [1.29, 1.82) is 0 Å². The first-order valence-electron chi connectivity index (χ1n) is 2.36. The van der Waals surface area contributed by atoms with E-state index in [2.05, 4.69) is 5.92 Å². The summed E-state index contributed by atoms with van der Waals surface area (Å²) in [6.45, 7) is 1.29. The van der Waals surface area contributed by atoms with Crippen LogP contribution in [0.2, 0.25) is 0 Å². The van der Waals surface area contributed by atoms with Crippen molar-refractivity contribution < 1.29 is 13.0 Å². The number of hydrogen-bond donors (Lipinski definition) is 0. The fraction of sp³-hybridized carbons (Fsp3) is 0.600. The van der Waals surface area contributed by atoms with Gasteiger partial charge in [0.2, 0.25) is 0 Å². The lowest BCUT2D eigenvalue weighted by Gasteiger charge is -1.97. The van der Waals surface area contributed by atoms with Crippen LogP contribution < -0.4 is 0 Å². The molecule has 0 saturated heterocycles. The third-order valence-electron chi connectivity index (χ3n) is 0.898. The Morgan fingerprint density at radius 1 is 1.67 bits per heavy atom. The Bertz CT molecular complexity index is 209. The molecule has 0 bridgehead atoms. The Morgan fingerprint density at radius 2 is 2.11 bits per heavy atom. The van der Waals surface area contributed by atoms with Crippen molar-refractivity contribution in [1.82, 2.24) is 0 Å². The van der Waals surface area contributed by atoms with Gasteiger partial charge >= 0.3 is 0 Å². The average molecular weight is 147 g/mol. The average Bonchev–Trinajstić information content (AvgIpc) is 1.64. The van der Waals surface area contributed by atoms with E-state index in [9.17, 15) is 13.0 Å². The third kappa shape index (κ3) is 3.12. The predicted octanol–water partition coefficient (Wildman–Crippen LogP) is 0.159. The van der Waals surface area contributed by atoms with E-state index in [1.807, 2.05) is 0 Å². The van der Waals surface area contributed by atoms with Crippen LogP contribution in [0.4, 0.5) is 0 Å². The van der Waals surface area contributed by atoms with E-state index < -0.39 is 15.4 Å². The second kappa shape index (κ2) is 2.85. The third-order valence-corrected chi connectivity index (χ3v) is 2.05. The zero-order valence-electron chi connectivity index (χ0n) is 4.99. The van der Waals surface area contributed by atoms with Crippen molar-refractivity contribution in [2.45, 2.75) is 18.6 Å². The van der Waals surface area contributed by atoms with Gasteiger partial charge in [0.1, 0.15) is 0 Å². The molecule has 1 radical (unpaired) electrons. The summed E-state index contributed by atoms with van der Waals surface area (Å²) in [6.07, 6.45) is 4.76. The maximum absolute atomic E-state index is 10.1. The first-order chi connectivity index (χ1) is 3.98. The van der Waals surface area contributed by atoms with Crippen molar-refractivity contribution >= 4 is 10.1 Å². The zero-order chi connectivity index (χ0) is 7.49. The van der Waals surface area contributed by atoms with Crippen LogP contribution in [0.15, 0.2) is 0 Å². The van der Waals surface area contributed by atoms with Gasteiger partial charge in [0.25, 0.3) is 10.1 Å². The predicted molar refractivity (Wildman–Crippen MR) is 32.5 cm³/mol. The van der Waals surface area contributed by atoms with Crippen molar-refractivity contribution in [2.75, 3.05) is 0 Å². The largest absolute Gasteiger partial charge is 0.298 e. The smallest absolute Gasteiger partial charge is 0.197 e. The maximum Gasteiger partial charge on any atom is 0.298 e. The summed E-state index contributed by atoms with van der Waals surface area (Å²) in [6, 6.07) is 0. The van der Waals surface area contributed by atoms with Gasteiger partial charge in [-0.2, -0.15) is 8.42 Å². The first-order valence-corrected chi connectivity index (χ1v) is 3.83. The van der Waals surface area contributed by atoms with E-state index in [-0.39, 0.29) is 6.42 Å². The van der Waals surface area contributed by atoms with Crippen LogP contribution in [0.5, 0.6) is 0 Å². The summed E-state index contributed by atoms with van der Waals surface area (Å²) in [4.78, 5) is 0. The first kappa shape index (κ1) is 8.47. The maximum atomic E-state index is 10.1. The molecule has 0 aromatic carbocycles. The van der Waals surface area contributed by atoms with Crippen LogP contribution in [0.1, 0.15) is 13.3 Å². The lowest BCUT2D eigenvalue weighted by Crippen LogP contribution is -2.13. The second-order valence-electron chi connectivity index (χ2n) is 1.71. The van der Waals surface area contributed by atoms with Gasteiger partial charge in [-0.3, -0.25) is 0 Å². The van der Waals surface area contributed by atoms with Crippen LogP contribution in [-0.4, -0.2) is 13.7 Å². The van der Waals surface area contributed by atoms with Crippen molar-refractivity contribution in [3.8, 4) is 12.3 Å². The summed E-state index contributed by atoms with van der Waals surface area (Å²) in [5.74, 6) is 2.09. The number of hydrogen-bond acceptors (Lipinski definition) is 2. The molecule has 0 aliphatic heterocycles. The van der Waals surface area contributed by atoms with E-state index in [0.29, 0.717) is 0 Å². The quantitative estimate of drug-likeness (QED) is 0.522. The molecule has 0 spiro atoms. The molecule has 1 unspecified atom stereocenters. The molecule has 0 rings (SSSR count). The van der Waals surface area contributed by atoms with Crippen LogP contribution in [0, 0.1) is 12.3 Å². The highest BCUT2D eigenvalue weighted by Gasteiger charge is 2.16. The molecule has 0 aromatic rings. The minimum atomic E-state index is -4.16. The zero-order valence-corrected chi connectivity index (χ0v) is 5.81. The lowest BCUT2D eigenvalue weighted by molar-refractivity contribution is 0.404. The minimum Gasteiger partial charge on any atom is -0.197 e. The lowest BCUT2D eigenvalue weighted by atomic mass is 10.3. The molecular formula is C5H7O3S. The van der Waals surface area contributed by atoms with E-state index in [4.69, 9.17) is 6.42 Å². The summed E-state index contributed by atoms with van der Waals surface area (Å²) in [5.41, 5.74) is 0. The fourth-order valence-corrected chi connectivity index (χ4v) is 0.568. The highest BCUT2D eigenvalue weighted by molar-refractivity contribution is 7.86. The SMILES string of the molecule is C#CCC(C)S([O])(=O)=O. The molecule has 0 aromatic heterocycles. The number of rotatable bonds is 2. The van der Waals surface area contributed by atoms with Gasteiger partial charge in [-0.15, -0.1) is 12.3 Å². The van der Waals surface area contributed by atoms with Crippen molar-refractivity contribution in [3.05, 3.63) is 0 Å². The van der Waals surface area contributed by atoms with Crippen LogP contribution in [-0.2, 0) is 14.7 Å². The van der Waals surface area contributed by atoms with Gasteiger partial charge < -0.3 is 0 Å². The van der Waals surface area contributed by atoms with Crippen molar-refractivity contribution in [2.24, 2.45) is 0 Å². The summed E-state index contributed by atoms with van der Waals surface area (Å²) in [7, 11) is -4.16. The van der Waals surface area contributed by atoms with E-state index in [1.54, 1.807) is 0 Å². The second-order valence-corrected chi connectivity index (χ2v) is 3.50. The van der Waals surface area contributed by atoms with Gasteiger partial charge in [-0.25, -0.2) is 0 Å². The molecule has 0 N–H and O–H groups in total. The molecule has 0 heterocycles. The van der Waals surface area contributed by atoms with E-state index in [1.165, 1.54) is 6.92 Å². The Hall–Kier alpha value is -0.530. The monoisotopic (exact) mass is 147 g/mol. The summed E-state index contributed by atoms with van der Waals surface area (Å²) < 4.78 is 30.2. The standard InChI is InChI=1S/C5H7O3S/c1-3-4-5(2)9(6,7)8/h1,5H,4H2,2H3. The number of terminal acetylenes is 1. The van der Waals surface area contributed by atoms with Crippen LogP contribution in [0.3, 0.4) is 0 Å². The van der Waals surface area contributed by atoms with Gasteiger partial charge in [-0.05, 0) is 6.92 Å². The molecule has 9 heavy (non-hydrogen) atoms. The molecule has 51 valence electrons. The molecule has 0 amide bonds. The molecular weight excluding hydrogens is 140 g/mol. The molecule has 0 saturated carbocycles. The molecule has 4 heteroatoms. The topological polar surface area (TPSA) is 54.0 Å². The van der Waals surface area contributed by atoms with Gasteiger partial charge in [-0.1, -0.05) is 4.55 Å².